The number of anilines is 1. The van der Waals surface area contributed by atoms with E-state index in [4.69, 9.17) is 11.6 Å². The minimum absolute atomic E-state index is 0.0136. The van der Waals surface area contributed by atoms with Crippen molar-refractivity contribution in [3.63, 3.8) is 0 Å². The molecule has 1 atom stereocenters. The summed E-state index contributed by atoms with van der Waals surface area (Å²) in [6, 6.07) is 6.89. The van der Waals surface area contributed by atoms with Gasteiger partial charge in [-0.1, -0.05) is 18.0 Å². The zero-order valence-electron chi connectivity index (χ0n) is 14.7. The summed E-state index contributed by atoms with van der Waals surface area (Å²) in [4.78, 5) is 39.9. The molecule has 26 heavy (non-hydrogen) atoms. The molecule has 2 saturated heterocycles. The number of hydrogen-bond donors (Lipinski definition) is 1. The first-order chi connectivity index (χ1) is 12.5. The number of rotatable bonds is 5. The van der Waals surface area contributed by atoms with Gasteiger partial charge in [0.05, 0.1) is 6.04 Å². The first-order valence-corrected chi connectivity index (χ1v) is 9.54. The Kier molecular flexibility index (Phi) is 6.14. The minimum Gasteiger partial charge on any atom is -0.351 e. The number of amides is 3. The van der Waals surface area contributed by atoms with Crippen LogP contribution in [0, 0.1) is 0 Å². The van der Waals surface area contributed by atoms with Crippen molar-refractivity contribution in [1.82, 2.24) is 10.2 Å². The normalized spacial score (nSPS) is 21.0. The fraction of sp³-hybridized carbons (Fsp3) is 0.526. The van der Waals surface area contributed by atoms with Crippen molar-refractivity contribution in [2.75, 3.05) is 24.5 Å². The summed E-state index contributed by atoms with van der Waals surface area (Å²) in [6.45, 7) is 1.64. The molecule has 0 radical (unpaired) electrons. The fourth-order valence-corrected chi connectivity index (χ4v) is 3.61. The van der Waals surface area contributed by atoms with Gasteiger partial charge in [-0.15, -0.1) is 0 Å². The van der Waals surface area contributed by atoms with Gasteiger partial charge in [0.15, 0.2) is 0 Å². The predicted molar refractivity (Wildman–Crippen MR) is 100 cm³/mol. The Bertz CT molecular complexity index is 677. The molecule has 1 aromatic carbocycles. The molecule has 6 nitrogen and oxygen atoms in total. The van der Waals surface area contributed by atoms with Gasteiger partial charge in [-0.3, -0.25) is 14.4 Å². The molecule has 1 unspecified atom stereocenters. The summed E-state index contributed by atoms with van der Waals surface area (Å²) >= 11 is 5.88. The number of hydrogen-bond acceptors (Lipinski definition) is 3. The Morgan fingerprint density at radius 2 is 1.88 bits per heavy atom. The van der Waals surface area contributed by atoms with Crippen LogP contribution in [-0.2, 0) is 14.4 Å². The Balaban J connectivity index is 1.48. The third-order valence-electron chi connectivity index (χ3n) is 4.91. The topological polar surface area (TPSA) is 69.7 Å². The van der Waals surface area contributed by atoms with E-state index in [2.05, 4.69) is 5.32 Å². The monoisotopic (exact) mass is 377 g/mol. The third kappa shape index (κ3) is 4.75. The second-order valence-electron chi connectivity index (χ2n) is 6.89. The SMILES string of the molecule is O=C(CCN1CCCCCC1=O)NC1CC(=O)N(c2ccc(Cl)cc2)C1. The Morgan fingerprint density at radius 1 is 1.12 bits per heavy atom. The van der Waals surface area contributed by atoms with Gasteiger partial charge in [0.25, 0.3) is 0 Å². The Morgan fingerprint density at radius 3 is 2.65 bits per heavy atom. The standard InChI is InChI=1S/C19H24ClN3O3/c20-14-5-7-16(8-6-14)23-13-15(12-19(23)26)21-17(24)9-11-22-10-3-1-2-4-18(22)25/h5-8,15H,1-4,9-13H2,(H,21,24). The van der Waals surface area contributed by atoms with Crippen LogP contribution in [0.3, 0.4) is 0 Å². The summed E-state index contributed by atoms with van der Waals surface area (Å²) in [7, 11) is 0. The van der Waals surface area contributed by atoms with E-state index in [0.29, 0.717) is 24.5 Å². The molecule has 3 amide bonds. The molecule has 0 aliphatic carbocycles. The van der Waals surface area contributed by atoms with Crippen LogP contribution in [0.1, 0.15) is 38.5 Å². The highest BCUT2D eigenvalue weighted by molar-refractivity contribution is 6.30. The quantitative estimate of drug-likeness (QED) is 0.856. The van der Waals surface area contributed by atoms with Gasteiger partial charge in [0.2, 0.25) is 17.7 Å². The first-order valence-electron chi connectivity index (χ1n) is 9.16. The highest BCUT2D eigenvalue weighted by Crippen LogP contribution is 2.23. The first kappa shape index (κ1) is 18.7. The van der Waals surface area contributed by atoms with Gasteiger partial charge in [-0.25, -0.2) is 0 Å². The maximum atomic E-state index is 12.2. The molecule has 2 aliphatic heterocycles. The average Bonchev–Trinajstić information content (AvgIpc) is 2.84. The second kappa shape index (κ2) is 8.54. The van der Waals surface area contributed by atoms with E-state index >= 15 is 0 Å². The van der Waals surface area contributed by atoms with Crippen molar-refractivity contribution in [2.24, 2.45) is 0 Å². The van der Waals surface area contributed by atoms with Crippen LogP contribution in [-0.4, -0.2) is 48.3 Å². The number of nitrogens with zero attached hydrogens (tertiary/aromatic N) is 2. The van der Waals surface area contributed by atoms with E-state index in [1.54, 1.807) is 34.1 Å². The highest BCUT2D eigenvalue weighted by atomic mass is 35.5. The maximum absolute atomic E-state index is 12.2. The number of carbonyl (C=O) groups excluding carboxylic acids is 3. The van der Waals surface area contributed by atoms with Crippen molar-refractivity contribution in [1.29, 1.82) is 0 Å². The molecule has 2 heterocycles. The number of carbonyl (C=O) groups is 3. The van der Waals surface area contributed by atoms with Gasteiger partial charge in [-0.2, -0.15) is 0 Å². The van der Waals surface area contributed by atoms with E-state index in [0.717, 1.165) is 31.5 Å². The van der Waals surface area contributed by atoms with Crippen molar-refractivity contribution in [2.45, 2.75) is 44.6 Å². The molecule has 0 spiro atoms. The zero-order valence-corrected chi connectivity index (χ0v) is 15.5. The Hall–Kier alpha value is -2.08. The van der Waals surface area contributed by atoms with Crippen LogP contribution in [0.2, 0.25) is 5.02 Å². The summed E-state index contributed by atoms with van der Waals surface area (Å²) in [5.41, 5.74) is 0.784. The van der Waals surface area contributed by atoms with Gasteiger partial charge >= 0.3 is 0 Å². The minimum atomic E-state index is -0.203. The molecule has 0 bridgehead atoms. The van der Waals surface area contributed by atoms with Crippen molar-refractivity contribution < 1.29 is 14.4 Å². The zero-order chi connectivity index (χ0) is 18.5. The molecular weight excluding hydrogens is 354 g/mol. The maximum Gasteiger partial charge on any atom is 0.229 e. The smallest absolute Gasteiger partial charge is 0.229 e. The fourth-order valence-electron chi connectivity index (χ4n) is 3.49. The van der Waals surface area contributed by atoms with Crippen LogP contribution < -0.4 is 10.2 Å². The van der Waals surface area contributed by atoms with E-state index in [1.165, 1.54) is 0 Å². The Labute approximate surface area is 158 Å². The lowest BCUT2D eigenvalue weighted by Gasteiger charge is -2.21. The predicted octanol–water partition coefficient (Wildman–Crippen LogP) is 2.35. The van der Waals surface area contributed by atoms with E-state index in [9.17, 15) is 14.4 Å². The van der Waals surface area contributed by atoms with Gasteiger partial charge in [-0.05, 0) is 37.1 Å². The van der Waals surface area contributed by atoms with Crippen LogP contribution in [0.15, 0.2) is 24.3 Å². The lowest BCUT2D eigenvalue weighted by molar-refractivity contribution is -0.131. The third-order valence-corrected chi connectivity index (χ3v) is 5.16. The molecule has 2 fully saturated rings. The average molecular weight is 378 g/mol. The van der Waals surface area contributed by atoms with Crippen molar-refractivity contribution in [3.05, 3.63) is 29.3 Å². The molecule has 1 N–H and O–H groups in total. The van der Waals surface area contributed by atoms with Crippen LogP contribution in [0.25, 0.3) is 0 Å². The van der Waals surface area contributed by atoms with Crippen LogP contribution in [0.4, 0.5) is 5.69 Å². The molecule has 7 heteroatoms. The summed E-state index contributed by atoms with van der Waals surface area (Å²) in [5.74, 6) is 0.0124. The molecule has 0 saturated carbocycles. The molecule has 0 aromatic heterocycles. The molecule has 2 aliphatic rings. The summed E-state index contributed by atoms with van der Waals surface area (Å²) in [5, 5.41) is 3.54. The van der Waals surface area contributed by atoms with E-state index in [-0.39, 0.29) is 36.6 Å². The van der Waals surface area contributed by atoms with Crippen LogP contribution in [0.5, 0.6) is 0 Å². The number of nitrogens with one attached hydrogen (secondary N) is 1. The number of likely N-dealkylation sites (tertiary alicyclic amines) is 1. The van der Waals surface area contributed by atoms with Crippen LogP contribution >= 0.6 is 11.6 Å². The van der Waals surface area contributed by atoms with E-state index in [1.807, 2.05) is 0 Å². The van der Waals surface area contributed by atoms with Crippen molar-refractivity contribution in [3.8, 4) is 0 Å². The van der Waals surface area contributed by atoms with E-state index < -0.39 is 0 Å². The van der Waals surface area contributed by atoms with Gasteiger partial charge < -0.3 is 15.1 Å². The molecule has 3 rings (SSSR count). The molecule has 140 valence electrons. The summed E-state index contributed by atoms with van der Waals surface area (Å²) in [6.07, 6.45) is 4.15. The molecule has 1 aromatic rings. The second-order valence-corrected chi connectivity index (χ2v) is 7.33. The lowest BCUT2D eigenvalue weighted by Crippen LogP contribution is -2.40. The van der Waals surface area contributed by atoms with Gasteiger partial charge in [0, 0.05) is 49.6 Å². The lowest BCUT2D eigenvalue weighted by atomic mass is 10.2. The number of benzene rings is 1. The molecular formula is C19H24ClN3O3. The number of halogens is 1. The largest absolute Gasteiger partial charge is 0.351 e. The van der Waals surface area contributed by atoms with Crippen molar-refractivity contribution >= 4 is 35.0 Å². The highest BCUT2D eigenvalue weighted by Gasteiger charge is 2.31. The van der Waals surface area contributed by atoms with Gasteiger partial charge in [0.1, 0.15) is 0 Å². The summed E-state index contributed by atoms with van der Waals surface area (Å²) < 4.78 is 0.